The molecular weight excluding hydrogens is 457 g/mol. The molecule has 3 heterocycles. The number of halogens is 1. The molecule has 7 heteroatoms. The Labute approximate surface area is 214 Å². The third-order valence-electron chi connectivity index (χ3n) is 6.96. The van der Waals surface area contributed by atoms with Crippen molar-refractivity contribution in [2.75, 3.05) is 44.2 Å². The van der Waals surface area contributed by atoms with Crippen molar-refractivity contribution in [1.82, 2.24) is 19.6 Å². The molecule has 0 radical (unpaired) electrons. The number of anilines is 1. The van der Waals surface area contributed by atoms with Crippen LogP contribution in [0.4, 0.5) is 10.2 Å². The van der Waals surface area contributed by atoms with Crippen LogP contribution in [0, 0.1) is 12.7 Å². The van der Waals surface area contributed by atoms with Gasteiger partial charge < -0.3 is 9.80 Å². The van der Waals surface area contributed by atoms with Gasteiger partial charge in [0.05, 0.1) is 11.4 Å². The Bertz CT molecular complexity index is 1080. The summed E-state index contributed by atoms with van der Waals surface area (Å²) < 4.78 is 16.3. The molecular formula is C28H40FN5S. The summed E-state index contributed by atoms with van der Waals surface area (Å²) in [4.78, 5) is 8.98. The smallest absolute Gasteiger partial charge is 0.137 e. The number of piperazine rings is 1. The van der Waals surface area contributed by atoms with Gasteiger partial charge in [-0.05, 0) is 68.1 Å². The van der Waals surface area contributed by atoms with E-state index in [0.29, 0.717) is 0 Å². The lowest BCUT2D eigenvalue weighted by Crippen LogP contribution is -2.47. The Morgan fingerprint density at radius 1 is 1.03 bits per heavy atom. The van der Waals surface area contributed by atoms with Crippen LogP contribution >= 0.6 is 11.3 Å². The van der Waals surface area contributed by atoms with Crippen LogP contribution in [0.1, 0.15) is 55.3 Å². The minimum absolute atomic E-state index is 0.223. The van der Waals surface area contributed by atoms with Crippen LogP contribution < -0.4 is 4.90 Å². The molecule has 3 aromatic rings. The number of rotatable bonds is 11. The zero-order valence-electron chi connectivity index (χ0n) is 21.8. The second-order valence-corrected chi connectivity index (χ2v) is 10.5. The first-order valence-electron chi connectivity index (χ1n) is 13.1. The molecule has 4 rings (SSSR count). The van der Waals surface area contributed by atoms with E-state index in [2.05, 4.69) is 53.8 Å². The number of hydrogen-bond acceptors (Lipinski definition) is 5. The van der Waals surface area contributed by atoms with Crippen molar-refractivity contribution in [3.8, 4) is 5.69 Å². The van der Waals surface area contributed by atoms with E-state index in [1.807, 2.05) is 22.1 Å². The van der Waals surface area contributed by atoms with Gasteiger partial charge in [0.25, 0.3) is 0 Å². The van der Waals surface area contributed by atoms with Crippen LogP contribution in [0.15, 0.2) is 35.7 Å². The number of aryl methyl sites for hydroxylation is 2. The Morgan fingerprint density at radius 2 is 1.83 bits per heavy atom. The highest BCUT2D eigenvalue weighted by Gasteiger charge is 2.27. The summed E-state index contributed by atoms with van der Waals surface area (Å²) in [7, 11) is 0. The summed E-state index contributed by atoms with van der Waals surface area (Å²) in [5, 5.41) is 7.32. The number of aromatic nitrogens is 2. The van der Waals surface area contributed by atoms with Crippen molar-refractivity contribution in [2.24, 2.45) is 0 Å². The van der Waals surface area contributed by atoms with Crippen molar-refractivity contribution in [1.29, 1.82) is 0 Å². The van der Waals surface area contributed by atoms with Gasteiger partial charge in [0.1, 0.15) is 11.6 Å². The van der Waals surface area contributed by atoms with E-state index in [0.717, 1.165) is 88.8 Å². The van der Waals surface area contributed by atoms with Gasteiger partial charge in [0.2, 0.25) is 0 Å². The van der Waals surface area contributed by atoms with Gasteiger partial charge in [-0.3, -0.25) is 4.90 Å². The van der Waals surface area contributed by atoms with Crippen molar-refractivity contribution in [2.45, 2.75) is 60.0 Å². The van der Waals surface area contributed by atoms with Gasteiger partial charge in [-0.15, -0.1) is 11.3 Å². The van der Waals surface area contributed by atoms with Crippen LogP contribution in [0.25, 0.3) is 5.69 Å². The van der Waals surface area contributed by atoms with Crippen molar-refractivity contribution in [3.05, 3.63) is 63.2 Å². The molecule has 0 amide bonds. The number of benzene rings is 1. The average Bonchev–Trinajstić information content (AvgIpc) is 3.43. The Morgan fingerprint density at radius 3 is 2.46 bits per heavy atom. The molecule has 0 unspecified atom stereocenters. The third-order valence-corrected chi connectivity index (χ3v) is 7.96. The number of nitrogens with zero attached hydrogens (tertiary/aromatic N) is 5. The Balaban J connectivity index is 1.76. The van der Waals surface area contributed by atoms with E-state index in [4.69, 9.17) is 5.10 Å². The maximum Gasteiger partial charge on any atom is 0.137 e. The molecule has 0 N–H and O–H groups in total. The van der Waals surface area contributed by atoms with E-state index < -0.39 is 0 Å². The monoisotopic (exact) mass is 497 g/mol. The van der Waals surface area contributed by atoms with Gasteiger partial charge in [0, 0.05) is 49.7 Å². The summed E-state index contributed by atoms with van der Waals surface area (Å²) >= 11 is 1.85. The lowest BCUT2D eigenvalue weighted by atomic mass is 10.1. The number of likely N-dealkylation sites (N-methyl/N-ethyl adjacent to an activating group) is 1. The molecule has 2 aromatic heterocycles. The molecule has 0 saturated carbocycles. The summed E-state index contributed by atoms with van der Waals surface area (Å²) in [5.41, 5.74) is 4.63. The first kappa shape index (κ1) is 25.9. The Hall–Kier alpha value is -2.22. The molecule has 1 aliphatic rings. The minimum atomic E-state index is -0.223. The van der Waals surface area contributed by atoms with Gasteiger partial charge in [-0.25, -0.2) is 9.07 Å². The fourth-order valence-electron chi connectivity index (χ4n) is 5.00. The second-order valence-electron chi connectivity index (χ2n) is 9.55. The highest BCUT2D eigenvalue weighted by atomic mass is 32.1. The molecule has 190 valence electrons. The van der Waals surface area contributed by atoms with Gasteiger partial charge in [0.15, 0.2) is 0 Å². The van der Waals surface area contributed by atoms with E-state index in [-0.39, 0.29) is 5.82 Å². The van der Waals surface area contributed by atoms with Crippen LogP contribution in [-0.4, -0.2) is 58.8 Å². The molecule has 1 aromatic carbocycles. The average molecular weight is 498 g/mol. The van der Waals surface area contributed by atoms with Crippen LogP contribution in [0.5, 0.6) is 0 Å². The van der Waals surface area contributed by atoms with E-state index >= 15 is 0 Å². The van der Waals surface area contributed by atoms with E-state index in [9.17, 15) is 4.39 Å². The zero-order valence-corrected chi connectivity index (χ0v) is 22.6. The lowest BCUT2D eigenvalue weighted by molar-refractivity contribution is 0.256. The summed E-state index contributed by atoms with van der Waals surface area (Å²) in [6.07, 6.45) is 3.07. The molecule has 1 fully saturated rings. The fraction of sp³-hybridized carbons (Fsp3) is 0.536. The third kappa shape index (κ3) is 6.13. The minimum Gasteiger partial charge on any atom is -0.354 e. The zero-order chi connectivity index (χ0) is 24.8. The van der Waals surface area contributed by atoms with Crippen molar-refractivity contribution in [3.63, 3.8) is 0 Å². The van der Waals surface area contributed by atoms with Crippen molar-refractivity contribution < 1.29 is 4.39 Å². The van der Waals surface area contributed by atoms with E-state index in [1.54, 1.807) is 12.1 Å². The largest absolute Gasteiger partial charge is 0.354 e. The van der Waals surface area contributed by atoms with Gasteiger partial charge >= 0.3 is 0 Å². The number of thiophene rings is 1. The Kier molecular flexibility index (Phi) is 8.98. The maximum absolute atomic E-state index is 14.3. The summed E-state index contributed by atoms with van der Waals surface area (Å²) in [6, 6.07) is 9.09. The summed E-state index contributed by atoms with van der Waals surface area (Å²) in [6.45, 7) is 16.8. The standard InChI is InChI=1S/C28H40FN5S/c1-5-9-26-25(20-32(13-6-2)21-27-22(4)12-18-35-27)28(33-16-14-31(7-3)15-17-33)34(30-26)24-11-8-10-23(29)19-24/h8,10-12,18-19H,5-7,9,13-17,20-21H2,1-4H3. The predicted molar refractivity (Wildman–Crippen MR) is 145 cm³/mol. The molecule has 35 heavy (non-hydrogen) atoms. The predicted octanol–water partition coefficient (Wildman–Crippen LogP) is 5.89. The topological polar surface area (TPSA) is 27.5 Å². The molecule has 5 nitrogen and oxygen atoms in total. The van der Waals surface area contributed by atoms with Crippen LogP contribution in [-0.2, 0) is 19.5 Å². The molecule has 0 aliphatic carbocycles. The van der Waals surface area contributed by atoms with Gasteiger partial charge in [-0.1, -0.05) is 33.3 Å². The normalized spacial score (nSPS) is 14.9. The summed E-state index contributed by atoms with van der Waals surface area (Å²) in [5.74, 6) is 0.929. The SMILES string of the molecule is CCCc1nn(-c2cccc(F)c2)c(N2CCN(CC)CC2)c1CN(CCC)Cc1sccc1C. The first-order chi connectivity index (χ1) is 17.0. The highest BCUT2D eigenvalue weighted by molar-refractivity contribution is 7.10. The van der Waals surface area contributed by atoms with Crippen LogP contribution in [0.2, 0.25) is 0 Å². The fourth-order valence-corrected chi connectivity index (χ4v) is 5.94. The molecule has 1 saturated heterocycles. The molecule has 0 bridgehead atoms. The quantitative estimate of drug-likeness (QED) is 0.330. The van der Waals surface area contributed by atoms with Crippen LogP contribution in [0.3, 0.4) is 0 Å². The van der Waals surface area contributed by atoms with Gasteiger partial charge in [-0.2, -0.15) is 5.10 Å². The molecule has 1 aliphatic heterocycles. The van der Waals surface area contributed by atoms with E-state index in [1.165, 1.54) is 22.1 Å². The second kappa shape index (κ2) is 12.2. The molecule has 0 spiro atoms. The molecule has 0 atom stereocenters. The van der Waals surface area contributed by atoms with Crippen molar-refractivity contribution >= 4 is 17.2 Å². The lowest BCUT2D eigenvalue weighted by Gasteiger charge is -2.36. The number of hydrogen-bond donors (Lipinski definition) is 0. The maximum atomic E-state index is 14.3. The highest BCUT2D eigenvalue weighted by Crippen LogP contribution is 2.32. The first-order valence-corrected chi connectivity index (χ1v) is 14.0.